The summed E-state index contributed by atoms with van der Waals surface area (Å²) >= 11 is 0. The molecule has 1 aliphatic rings. The number of ether oxygens (including phenoxy) is 1. The van der Waals surface area contributed by atoms with Crippen LogP contribution in [0, 0.1) is 0 Å². The van der Waals surface area contributed by atoms with E-state index in [1.54, 1.807) is 0 Å². The Hall–Kier alpha value is -1.22. The molecule has 3 heteroatoms. The Morgan fingerprint density at radius 2 is 2.29 bits per heavy atom. The van der Waals surface area contributed by atoms with Crippen molar-refractivity contribution in [2.24, 2.45) is 0 Å². The summed E-state index contributed by atoms with van der Waals surface area (Å²) in [7, 11) is 0. The molecule has 0 radical (unpaired) electrons. The third-order valence-electron chi connectivity index (χ3n) is 3.19. The lowest BCUT2D eigenvalue weighted by Gasteiger charge is -2.21. The Kier molecular flexibility index (Phi) is 4.26. The van der Waals surface area contributed by atoms with Gasteiger partial charge in [0.15, 0.2) is 0 Å². The first-order valence-electron chi connectivity index (χ1n) is 6.56. The molecule has 0 fully saturated rings. The van der Waals surface area contributed by atoms with Gasteiger partial charge in [0.2, 0.25) is 0 Å². The number of rotatable bonds is 5. The number of hydrogen-bond donors (Lipinski definition) is 2. The van der Waals surface area contributed by atoms with Crippen molar-refractivity contribution in [2.45, 2.75) is 32.7 Å². The maximum Gasteiger partial charge on any atom is 0.142 e. The van der Waals surface area contributed by atoms with Crippen molar-refractivity contribution in [1.29, 1.82) is 0 Å². The largest absolute Gasteiger partial charge is 0.490 e. The fraction of sp³-hybridized carbons (Fsp3) is 0.571. The highest BCUT2D eigenvalue weighted by Crippen LogP contribution is 2.28. The second kappa shape index (κ2) is 5.92. The average Bonchev–Trinajstić information content (AvgIpc) is 2.38. The molecule has 0 amide bonds. The van der Waals surface area contributed by atoms with E-state index in [0.717, 1.165) is 44.0 Å². The normalized spacial score (nSPS) is 15.6. The quantitative estimate of drug-likeness (QED) is 0.821. The van der Waals surface area contributed by atoms with Gasteiger partial charge in [0.1, 0.15) is 12.4 Å². The fourth-order valence-corrected chi connectivity index (χ4v) is 2.25. The molecule has 0 saturated heterocycles. The van der Waals surface area contributed by atoms with E-state index < -0.39 is 0 Å². The van der Waals surface area contributed by atoms with Gasteiger partial charge in [-0.15, -0.1) is 0 Å². The Morgan fingerprint density at radius 1 is 1.41 bits per heavy atom. The van der Waals surface area contributed by atoms with Crippen molar-refractivity contribution >= 4 is 5.69 Å². The van der Waals surface area contributed by atoms with E-state index in [0.29, 0.717) is 6.04 Å². The fourth-order valence-electron chi connectivity index (χ4n) is 2.25. The third-order valence-corrected chi connectivity index (χ3v) is 3.19. The van der Waals surface area contributed by atoms with Gasteiger partial charge >= 0.3 is 0 Å². The Balaban J connectivity index is 2.05. The first-order chi connectivity index (χ1) is 8.33. The van der Waals surface area contributed by atoms with Gasteiger partial charge in [0.25, 0.3) is 0 Å². The Bertz CT molecular complexity index is 365. The molecule has 1 aromatic rings. The third kappa shape index (κ3) is 3.13. The summed E-state index contributed by atoms with van der Waals surface area (Å²) in [5, 5.41) is 6.89. The average molecular weight is 234 g/mol. The lowest BCUT2D eigenvalue weighted by Crippen LogP contribution is -2.30. The van der Waals surface area contributed by atoms with Gasteiger partial charge in [0, 0.05) is 12.6 Å². The Morgan fingerprint density at radius 3 is 3.06 bits per heavy atom. The van der Waals surface area contributed by atoms with Gasteiger partial charge < -0.3 is 15.4 Å². The molecule has 1 aliphatic heterocycles. The van der Waals surface area contributed by atoms with Gasteiger partial charge in [-0.1, -0.05) is 19.9 Å². The monoisotopic (exact) mass is 234 g/mol. The second-order valence-electron chi connectivity index (χ2n) is 4.47. The molecule has 0 saturated carbocycles. The van der Waals surface area contributed by atoms with Gasteiger partial charge in [-0.3, -0.25) is 0 Å². The molecule has 1 heterocycles. The summed E-state index contributed by atoms with van der Waals surface area (Å²) in [5.74, 6) is 0.983. The number of benzene rings is 1. The minimum atomic E-state index is 0.572. The second-order valence-corrected chi connectivity index (χ2v) is 4.47. The molecule has 0 aromatic heterocycles. The van der Waals surface area contributed by atoms with Gasteiger partial charge in [-0.05, 0) is 37.1 Å². The maximum atomic E-state index is 5.58. The minimum absolute atomic E-state index is 0.572. The van der Waals surface area contributed by atoms with Crippen molar-refractivity contribution < 1.29 is 4.74 Å². The summed E-state index contributed by atoms with van der Waals surface area (Å²) in [4.78, 5) is 0. The summed E-state index contributed by atoms with van der Waals surface area (Å²) in [6.45, 7) is 7.09. The predicted molar refractivity (Wildman–Crippen MR) is 71.9 cm³/mol. The van der Waals surface area contributed by atoms with Gasteiger partial charge in [-0.25, -0.2) is 0 Å². The molecule has 0 aliphatic carbocycles. The van der Waals surface area contributed by atoms with E-state index in [9.17, 15) is 0 Å². The number of likely N-dealkylation sites (N-methyl/N-ethyl adjacent to an activating group) is 1. The van der Waals surface area contributed by atoms with Crippen LogP contribution < -0.4 is 15.4 Å². The van der Waals surface area contributed by atoms with Crippen molar-refractivity contribution in [3.8, 4) is 5.75 Å². The highest BCUT2D eigenvalue weighted by Gasteiger charge is 2.11. The van der Waals surface area contributed by atoms with Crippen LogP contribution in [0.5, 0.6) is 5.75 Å². The van der Waals surface area contributed by atoms with Crippen LogP contribution in [0.3, 0.4) is 0 Å². The number of hydrogen-bond acceptors (Lipinski definition) is 3. The molecule has 94 valence electrons. The summed E-state index contributed by atoms with van der Waals surface area (Å²) in [5.41, 5.74) is 2.51. The molecule has 2 rings (SSSR count). The zero-order chi connectivity index (χ0) is 12.1. The lowest BCUT2D eigenvalue weighted by molar-refractivity contribution is 0.323. The summed E-state index contributed by atoms with van der Waals surface area (Å²) in [6.07, 6.45) is 2.24. The van der Waals surface area contributed by atoms with E-state index in [-0.39, 0.29) is 0 Å². The maximum absolute atomic E-state index is 5.58. The molecule has 17 heavy (non-hydrogen) atoms. The van der Waals surface area contributed by atoms with Crippen LogP contribution in [0.15, 0.2) is 18.2 Å². The van der Waals surface area contributed by atoms with Gasteiger partial charge in [0.05, 0.1) is 5.69 Å². The van der Waals surface area contributed by atoms with Crippen LogP contribution in [0.2, 0.25) is 0 Å². The molecule has 0 bridgehead atoms. The van der Waals surface area contributed by atoms with Crippen molar-refractivity contribution in [1.82, 2.24) is 5.32 Å². The highest BCUT2D eigenvalue weighted by molar-refractivity contribution is 5.59. The Labute approximate surface area is 104 Å². The summed E-state index contributed by atoms with van der Waals surface area (Å²) < 4.78 is 5.58. The predicted octanol–water partition coefficient (Wildman–Crippen LogP) is 2.42. The van der Waals surface area contributed by atoms with Crippen molar-refractivity contribution in [3.05, 3.63) is 23.8 Å². The summed E-state index contributed by atoms with van der Waals surface area (Å²) in [6, 6.07) is 7.04. The molecule has 3 nitrogen and oxygen atoms in total. The van der Waals surface area contributed by atoms with Crippen LogP contribution in [0.25, 0.3) is 0 Å². The van der Waals surface area contributed by atoms with Crippen LogP contribution in [-0.2, 0) is 6.42 Å². The van der Waals surface area contributed by atoms with E-state index in [2.05, 4.69) is 42.7 Å². The molecule has 1 unspecified atom stereocenters. The molecule has 1 atom stereocenters. The number of anilines is 1. The molecule has 1 aromatic carbocycles. The van der Waals surface area contributed by atoms with Crippen molar-refractivity contribution in [3.63, 3.8) is 0 Å². The first kappa shape index (κ1) is 12.2. The van der Waals surface area contributed by atoms with Crippen LogP contribution in [0.4, 0.5) is 5.69 Å². The van der Waals surface area contributed by atoms with Crippen LogP contribution in [0.1, 0.15) is 25.8 Å². The standard InChI is InChI=1S/C14H22N2O/c1-3-12(15-4-2)9-11-5-6-14-13(10-11)16-7-8-17-14/h5-6,10,12,15-16H,3-4,7-9H2,1-2H3. The SMILES string of the molecule is CCNC(CC)Cc1ccc2c(c1)NCCO2. The minimum Gasteiger partial charge on any atom is -0.490 e. The van der Waals surface area contributed by atoms with Crippen molar-refractivity contribution in [2.75, 3.05) is 25.0 Å². The lowest BCUT2D eigenvalue weighted by atomic mass is 10.0. The highest BCUT2D eigenvalue weighted by atomic mass is 16.5. The van der Waals surface area contributed by atoms with E-state index in [1.807, 2.05) is 0 Å². The molecule has 2 N–H and O–H groups in total. The van der Waals surface area contributed by atoms with E-state index in [4.69, 9.17) is 4.74 Å². The number of nitrogens with one attached hydrogen (secondary N) is 2. The van der Waals surface area contributed by atoms with Gasteiger partial charge in [-0.2, -0.15) is 0 Å². The smallest absolute Gasteiger partial charge is 0.142 e. The topological polar surface area (TPSA) is 33.3 Å². The van der Waals surface area contributed by atoms with Crippen LogP contribution >= 0.6 is 0 Å². The zero-order valence-electron chi connectivity index (χ0n) is 10.8. The first-order valence-corrected chi connectivity index (χ1v) is 6.56. The van der Waals surface area contributed by atoms with Crippen LogP contribution in [-0.4, -0.2) is 25.7 Å². The molecular weight excluding hydrogens is 212 g/mol. The number of fused-ring (bicyclic) bond motifs is 1. The van der Waals surface area contributed by atoms with E-state index >= 15 is 0 Å². The van der Waals surface area contributed by atoms with E-state index in [1.165, 1.54) is 5.56 Å². The zero-order valence-corrected chi connectivity index (χ0v) is 10.8. The molecular formula is C14H22N2O. The molecule has 0 spiro atoms.